The standard InChI is InChI=1S/C15H17N5O4S/c1-10(2)13-8-17-18-9-16-15(25(3,23)24)19(14(13)18)11-5-4-6-12(7-11)20(21)22/h4-10,15H,1-3H3. The van der Waals surface area contributed by atoms with Crippen molar-refractivity contribution in [2.45, 2.75) is 25.3 Å². The van der Waals surface area contributed by atoms with E-state index >= 15 is 0 Å². The third-order valence-corrected chi connectivity index (χ3v) is 4.97. The fourth-order valence-electron chi connectivity index (χ4n) is 2.71. The van der Waals surface area contributed by atoms with Crippen molar-refractivity contribution in [3.8, 4) is 0 Å². The highest BCUT2D eigenvalue weighted by Crippen LogP contribution is 2.38. The maximum Gasteiger partial charge on any atom is 0.271 e. The Bertz CT molecular complexity index is 964. The Hall–Kier alpha value is -2.75. The summed E-state index contributed by atoms with van der Waals surface area (Å²) in [6, 6.07) is 5.82. The SMILES string of the molecule is CC(C)c1cnn2c1N(c1cccc([N+](=O)[O-])c1)C(S(C)(=O)=O)N=C2. The number of nitrogens with zero attached hydrogens (tertiary/aromatic N) is 5. The number of rotatable bonds is 4. The lowest BCUT2D eigenvalue weighted by atomic mass is 10.1. The van der Waals surface area contributed by atoms with Gasteiger partial charge in [0.1, 0.15) is 12.2 Å². The number of non-ortho nitro benzene ring substituents is 1. The van der Waals surface area contributed by atoms with Crippen molar-refractivity contribution in [2.75, 3.05) is 11.2 Å². The molecule has 1 aromatic heterocycles. The average molecular weight is 363 g/mol. The van der Waals surface area contributed by atoms with Gasteiger partial charge in [-0.15, -0.1) is 0 Å². The molecule has 1 aromatic carbocycles. The highest BCUT2D eigenvalue weighted by Gasteiger charge is 2.36. The van der Waals surface area contributed by atoms with E-state index < -0.39 is 20.3 Å². The van der Waals surface area contributed by atoms with Crippen LogP contribution in [0.4, 0.5) is 17.2 Å². The Morgan fingerprint density at radius 2 is 2.04 bits per heavy atom. The number of aromatic nitrogens is 2. The van der Waals surface area contributed by atoms with E-state index in [1.807, 2.05) is 13.8 Å². The Labute approximate surface area is 144 Å². The molecule has 2 heterocycles. The third-order valence-electron chi connectivity index (χ3n) is 3.87. The molecule has 0 aliphatic carbocycles. The molecule has 1 aliphatic rings. The van der Waals surface area contributed by atoms with Crippen molar-refractivity contribution in [2.24, 2.45) is 4.99 Å². The summed E-state index contributed by atoms with van der Waals surface area (Å²) in [5.41, 5.74) is -0.149. The molecule has 9 nitrogen and oxygen atoms in total. The van der Waals surface area contributed by atoms with Gasteiger partial charge in [0.05, 0.1) is 16.8 Å². The van der Waals surface area contributed by atoms with Gasteiger partial charge in [0, 0.05) is 24.0 Å². The molecule has 0 bridgehead atoms. The predicted octanol–water partition coefficient (Wildman–Crippen LogP) is 2.27. The lowest BCUT2D eigenvalue weighted by molar-refractivity contribution is -0.384. The van der Waals surface area contributed by atoms with E-state index in [4.69, 9.17) is 0 Å². The van der Waals surface area contributed by atoms with Crippen LogP contribution in [0.5, 0.6) is 0 Å². The third kappa shape index (κ3) is 3.00. The second-order valence-electron chi connectivity index (χ2n) is 6.09. The topological polar surface area (TPSA) is 111 Å². The van der Waals surface area contributed by atoms with Crippen LogP contribution in [-0.2, 0) is 9.84 Å². The van der Waals surface area contributed by atoms with Crippen molar-refractivity contribution in [1.82, 2.24) is 9.78 Å². The molecule has 0 fully saturated rings. The van der Waals surface area contributed by atoms with Gasteiger partial charge in [-0.2, -0.15) is 5.10 Å². The van der Waals surface area contributed by atoms with Crippen LogP contribution in [0.25, 0.3) is 0 Å². The van der Waals surface area contributed by atoms with Gasteiger partial charge >= 0.3 is 0 Å². The lowest BCUT2D eigenvalue weighted by Crippen LogP contribution is -2.41. The summed E-state index contributed by atoms with van der Waals surface area (Å²) < 4.78 is 26.0. The van der Waals surface area contributed by atoms with E-state index in [9.17, 15) is 18.5 Å². The number of fused-ring (bicyclic) bond motifs is 1. The Morgan fingerprint density at radius 3 is 2.64 bits per heavy atom. The van der Waals surface area contributed by atoms with Crippen LogP contribution in [0.3, 0.4) is 0 Å². The molecule has 0 radical (unpaired) electrons. The van der Waals surface area contributed by atoms with E-state index in [1.165, 1.54) is 34.1 Å². The predicted molar refractivity (Wildman–Crippen MR) is 94.1 cm³/mol. The fraction of sp³-hybridized carbons (Fsp3) is 0.333. The highest BCUT2D eigenvalue weighted by atomic mass is 32.2. The quantitative estimate of drug-likeness (QED) is 0.608. The molecule has 1 atom stereocenters. The van der Waals surface area contributed by atoms with Gasteiger partial charge < -0.3 is 0 Å². The molecule has 1 aliphatic heterocycles. The first-order valence-electron chi connectivity index (χ1n) is 7.53. The molecular weight excluding hydrogens is 346 g/mol. The van der Waals surface area contributed by atoms with Crippen molar-refractivity contribution >= 4 is 33.4 Å². The van der Waals surface area contributed by atoms with Gasteiger partial charge in [-0.3, -0.25) is 15.0 Å². The second kappa shape index (κ2) is 5.96. The summed E-state index contributed by atoms with van der Waals surface area (Å²) in [4.78, 5) is 16.2. The van der Waals surface area contributed by atoms with E-state index in [0.29, 0.717) is 11.5 Å². The first-order chi connectivity index (χ1) is 11.7. The molecule has 0 saturated heterocycles. The molecule has 2 aromatic rings. The Kier molecular flexibility index (Phi) is 4.07. The highest BCUT2D eigenvalue weighted by molar-refractivity contribution is 7.91. The zero-order valence-electron chi connectivity index (χ0n) is 13.9. The number of benzene rings is 1. The molecule has 1 unspecified atom stereocenters. The van der Waals surface area contributed by atoms with Crippen molar-refractivity contribution in [3.63, 3.8) is 0 Å². The van der Waals surface area contributed by atoms with Crippen LogP contribution in [0.2, 0.25) is 0 Å². The number of aliphatic imine (C=N–C) groups is 1. The zero-order valence-corrected chi connectivity index (χ0v) is 14.7. The van der Waals surface area contributed by atoms with Crippen LogP contribution >= 0.6 is 0 Å². The largest absolute Gasteiger partial charge is 0.290 e. The number of hydrogen-bond donors (Lipinski definition) is 0. The van der Waals surface area contributed by atoms with E-state index in [-0.39, 0.29) is 11.6 Å². The van der Waals surface area contributed by atoms with Gasteiger partial charge in [-0.1, -0.05) is 19.9 Å². The second-order valence-corrected chi connectivity index (χ2v) is 8.17. The summed E-state index contributed by atoms with van der Waals surface area (Å²) in [5.74, 6) is 0.623. The van der Waals surface area contributed by atoms with E-state index in [1.54, 1.807) is 12.3 Å². The first kappa shape index (κ1) is 17.1. The summed E-state index contributed by atoms with van der Waals surface area (Å²) in [5, 5.41) is 15.3. The molecule has 0 spiro atoms. The maximum atomic E-state index is 12.3. The van der Waals surface area contributed by atoms with Crippen LogP contribution in [0.1, 0.15) is 25.3 Å². The van der Waals surface area contributed by atoms with Gasteiger partial charge in [0.25, 0.3) is 5.69 Å². The normalized spacial score (nSPS) is 17.0. The zero-order chi connectivity index (χ0) is 18.4. The Balaban J connectivity index is 2.26. The summed E-state index contributed by atoms with van der Waals surface area (Å²) in [6.07, 6.45) is 4.10. The van der Waals surface area contributed by atoms with Crippen LogP contribution in [0, 0.1) is 10.1 Å². The smallest absolute Gasteiger partial charge is 0.271 e. The number of sulfone groups is 1. The summed E-state index contributed by atoms with van der Waals surface area (Å²) >= 11 is 0. The first-order valence-corrected chi connectivity index (χ1v) is 9.49. The molecule has 25 heavy (non-hydrogen) atoms. The summed E-state index contributed by atoms with van der Waals surface area (Å²) in [7, 11) is -3.60. The minimum Gasteiger partial charge on any atom is -0.290 e. The minimum atomic E-state index is -3.60. The van der Waals surface area contributed by atoms with Crippen molar-refractivity contribution in [1.29, 1.82) is 0 Å². The number of hydrogen-bond acceptors (Lipinski definition) is 7. The lowest BCUT2D eigenvalue weighted by Gasteiger charge is -2.33. The van der Waals surface area contributed by atoms with E-state index in [2.05, 4.69) is 10.1 Å². The number of nitro benzene ring substituents is 1. The number of anilines is 2. The van der Waals surface area contributed by atoms with Gasteiger partial charge in [0.15, 0.2) is 9.84 Å². The monoisotopic (exact) mass is 363 g/mol. The van der Waals surface area contributed by atoms with Gasteiger partial charge in [-0.05, 0) is 12.0 Å². The van der Waals surface area contributed by atoms with Crippen LogP contribution < -0.4 is 4.90 Å². The fourth-order valence-corrected chi connectivity index (χ4v) is 3.59. The van der Waals surface area contributed by atoms with E-state index in [0.717, 1.165) is 11.8 Å². The minimum absolute atomic E-state index is 0.0802. The molecule has 0 saturated carbocycles. The number of nitro groups is 1. The van der Waals surface area contributed by atoms with Crippen LogP contribution in [-0.4, -0.2) is 41.2 Å². The molecule has 3 rings (SSSR count). The maximum absolute atomic E-state index is 12.3. The van der Waals surface area contributed by atoms with Gasteiger partial charge in [0.2, 0.25) is 5.50 Å². The van der Waals surface area contributed by atoms with Crippen molar-refractivity contribution in [3.05, 3.63) is 46.1 Å². The van der Waals surface area contributed by atoms with Gasteiger partial charge in [-0.25, -0.2) is 18.1 Å². The van der Waals surface area contributed by atoms with Crippen molar-refractivity contribution < 1.29 is 13.3 Å². The Morgan fingerprint density at radius 1 is 1.32 bits per heavy atom. The molecule has 132 valence electrons. The molecule has 10 heteroatoms. The summed E-state index contributed by atoms with van der Waals surface area (Å²) in [6.45, 7) is 3.93. The molecule has 0 amide bonds. The average Bonchev–Trinajstić information content (AvgIpc) is 2.97. The molecule has 0 N–H and O–H groups in total. The van der Waals surface area contributed by atoms with Crippen LogP contribution in [0.15, 0.2) is 35.5 Å². The molecular formula is C15H17N5O4S.